The normalized spacial score (nSPS) is 28.5. The molecule has 1 aliphatic rings. The maximum absolute atomic E-state index is 11.8. The molecule has 0 radical (unpaired) electrons. The van der Waals surface area contributed by atoms with Crippen molar-refractivity contribution in [3.05, 3.63) is 12.5 Å². The fourth-order valence-electron chi connectivity index (χ4n) is 2.59. The molecular weight excluding hydrogens is 491 g/mol. The molecule has 1 saturated heterocycles. The zero-order chi connectivity index (χ0) is 23.2. The lowest BCUT2D eigenvalue weighted by atomic mass is 10.1. The van der Waals surface area contributed by atoms with Gasteiger partial charge in [-0.2, -0.15) is 13.6 Å². The van der Waals surface area contributed by atoms with Gasteiger partial charge in [0.05, 0.1) is 19.1 Å². The summed E-state index contributed by atoms with van der Waals surface area (Å²) in [7, 11) is -16.7. The van der Waals surface area contributed by atoms with Gasteiger partial charge >= 0.3 is 23.5 Å². The number of aliphatic hydroxyl groups is 2. The molecular formula is C10H16N5O13P3. The summed E-state index contributed by atoms with van der Waals surface area (Å²) in [4.78, 5) is 47.2. The number of nitrogens with two attached hydrogens (primary N) is 1. The summed E-state index contributed by atoms with van der Waals surface area (Å²) in [5.74, 6) is -0.105. The first-order valence-electron chi connectivity index (χ1n) is 7.92. The number of phosphoric ester groups is 1. The Kier molecular flexibility index (Phi) is 6.68. The van der Waals surface area contributed by atoms with Crippen LogP contribution in [0.4, 0.5) is 5.95 Å². The van der Waals surface area contributed by atoms with Crippen molar-refractivity contribution in [3.8, 4) is 0 Å². The average Bonchev–Trinajstić information content (AvgIpc) is 3.11. The number of aliphatic hydroxyl groups excluding tert-OH is 2. The van der Waals surface area contributed by atoms with Gasteiger partial charge in [0.15, 0.2) is 11.9 Å². The number of ether oxygens (including phenoxy) is 1. The number of rotatable bonds is 8. The van der Waals surface area contributed by atoms with Crippen LogP contribution >= 0.6 is 23.5 Å². The van der Waals surface area contributed by atoms with Crippen LogP contribution < -0.4 is 5.73 Å². The Morgan fingerprint density at radius 2 is 1.74 bits per heavy atom. The number of nitrogen functional groups attached to an aromatic ring is 1. The van der Waals surface area contributed by atoms with Gasteiger partial charge in [-0.15, -0.1) is 0 Å². The smallest absolute Gasteiger partial charge is 0.387 e. The lowest BCUT2D eigenvalue weighted by Crippen LogP contribution is -2.33. The first-order valence-corrected chi connectivity index (χ1v) is 12.4. The van der Waals surface area contributed by atoms with Crippen molar-refractivity contribution in [2.24, 2.45) is 0 Å². The molecule has 0 amide bonds. The summed E-state index contributed by atoms with van der Waals surface area (Å²) in [6.07, 6.45) is -3.49. The largest absolute Gasteiger partial charge is 0.490 e. The predicted octanol–water partition coefficient (Wildman–Crippen LogP) is -1.63. The molecule has 3 rings (SSSR count). The Balaban J connectivity index is 1.69. The van der Waals surface area contributed by atoms with E-state index in [0.717, 1.165) is 0 Å². The molecule has 1 fully saturated rings. The molecule has 8 N–H and O–H groups in total. The van der Waals surface area contributed by atoms with Crippen LogP contribution in [0.25, 0.3) is 11.2 Å². The Hall–Kier alpha value is -1.36. The molecule has 1 aliphatic heterocycles. The fourth-order valence-corrected chi connectivity index (χ4v) is 5.62. The van der Waals surface area contributed by atoms with Crippen molar-refractivity contribution in [3.63, 3.8) is 0 Å². The molecule has 0 aliphatic carbocycles. The van der Waals surface area contributed by atoms with Crippen molar-refractivity contribution in [1.29, 1.82) is 0 Å². The molecule has 18 nitrogen and oxygen atoms in total. The Bertz CT molecular complexity index is 1100. The van der Waals surface area contributed by atoms with Gasteiger partial charge in [-0.1, -0.05) is 0 Å². The lowest BCUT2D eigenvalue weighted by Gasteiger charge is -2.19. The molecule has 31 heavy (non-hydrogen) atoms. The van der Waals surface area contributed by atoms with Crippen LogP contribution in [0.3, 0.4) is 0 Å². The van der Waals surface area contributed by atoms with E-state index in [1.807, 2.05) is 0 Å². The van der Waals surface area contributed by atoms with Crippen molar-refractivity contribution >= 4 is 40.6 Å². The molecule has 0 spiro atoms. The number of imidazole rings is 1. The number of aromatic nitrogens is 4. The van der Waals surface area contributed by atoms with Crippen LogP contribution in [-0.4, -0.2) is 74.2 Å². The van der Waals surface area contributed by atoms with E-state index in [0.29, 0.717) is 0 Å². The summed E-state index contributed by atoms with van der Waals surface area (Å²) in [6, 6.07) is 0. The molecule has 174 valence electrons. The topological polar surface area (TPSA) is 279 Å². The molecule has 2 aromatic heterocycles. The maximum atomic E-state index is 11.8. The molecule has 4 unspecified atom stereocenters. The van der Waals surface area contributed by atoms with Crippen molar-refractivity contribution in [2.75, 3.05) is 12.3 Å². The second-order valence-corrected chi connectivity index (χ2v) is 10.4. The van der Waals surface area contributed by atoms with Crippen molar-refractivity contribution in [2.45, 2.75) is 24.5 Å². The molecule has 2 aromatic rings. The van der Waals surface area contributed by atoms with Gasteiger partial charge in [-0.3, -0.25) is 9.09 Å². The van der Waals surface area contributed by atoms with Crippen LogP contribution in [-0.2, 0) is 31.6 Å². The monoisotopic (exact) mass is 507 g/mol. The van der Waals surface area contributed by atoms with Crippen LogP contribution in [0, 0.1) is 0 Å². The van der Waals surface area contributed by atoms with Gasteiger partial charge in [0.2, 0.25) is 5.95 Å². The number of fused-ring (bicyclic) bond motifs is 1. The SMILES string of the molecule is Nc1ncc2ncn([C@@H]3O[C@H](COP(=O)(O)OP(=O)(O)OP(=O)(O)O)C(O)C3O)c2n1. The van der Waals surface area contributed by atoms with E-state index in [1.165, 1.54) is 17.1 Å². The highest BCUT2D eigenvalue weighted by Gasteiger charge is 2.46. The summed E-state index contributed by atoms with van der Waals surface area (Å²) in [6.45, 7) is -0.956. The Morgan fingerprint density at radius 3 is 2.39 bits per heavy atom. The standard InChI is InChI=1S/C10H16N5O13P3/c11-10-12-1-4-8(14-10)15(3-13-4)9-7(17)6(16)5(26-9)2-25-30(21,22)28-31(23,24)27-29(18,19)20/h1,3,5-7,9,16-17H,2H2,(H,21,22)(H,23,24)(H2,11,12,14)(H2,18,19,20)/t5-,6?,7?,9-/m1/s1. The quantitative estimate of drug-likeness (QED) is 0.197. The van der Waals surface area contributed by atoms with Gasteiger partial charge in [0, 0.05) is 0 Å². The Morgan fingerprint density at radius 1 is 1.06 bits per heavy atom. The number of anilines is 1. The van der Waals surface area contributed by atoms with Gasteiger partial charge < -0.3 is 40.3 Å². The number of nitrogens with zero attached hydrogens (tertiary/aromatic N) is 4. The lowest BCUT2D eigenvalue weighted by molar-refractivity contribution is -0.0503. The minimum atomic E-state index is -5.70. The second-order valence-electron chi connectivity index (χ2n) is 6.02. The van der Waals surface area contributed by atoms with E-state index in [4.69, 9.17) is 25.2 Å². The van der Waals surface area contributed by atoms with Gasteiger partial charge in [-0.05, 0) is 0 Å². The summed E-state index contributed by atoms with van der Waals surface area (Å²) >= 11 is 0. The maximum Gasteiger partial charge on any atom is 0.490 e. The van der Waals surface area contributed by atoms with Gasteiger partial charge in [0.25, 0.3) is 0 Å². The average molecular weight is 507 g/mol. The Labute approximate surface area is 171 Å². The summed E-state index contributed by atoms with van der Waals surface area (Å²) in [5.41, 5.74) is 5.95. The molecule has 0 bridgehead atoms. The first kappa shape index (κ1) is 24.3. The predicted molar refractivity (Wildman–Crippen MR) is 95.5 cm³/mol. The second kappa shape index (κ2) is 8.53. The van der Waals surface area contributed by atoms with Crippen LogP contribution in [0.15, 0.2) is 12.5 Å². The van der Waals surface area contributed by atoms with E-state index < -0.39 is 54.6 Å². The molecule has 3 heterocycles. The molecule has 21 heteroatoms. The minimum Gasteiger partial charge on any atom is -0.387 e. The number of hydrogen-bond acceptors (Lipinski definition) is 13. The number of phosphoric acid groups is 3. The third-order valence-electron chi connectivity index (χ3n) is 3.76. The van der Waals surface area contributed by atoms with Crippen molar-refractivity contribution in [1.82, 2.24) is 19.5 Å². The van der Waals surface area contributed by atoms with E-state index in [1.54, 1.807) is 0 Å². The van der Waals surface area contributed by atoms with E-state index in [-0.39, 0.29) is 17.1 Å². The van der Waals surface area contributed by atoms with E-state index >= 15 is 0 Å². The van der Waals surface area contributed by atoms with Gasteiger partial charge in [-0.25, -0.2) is 23.7 Å². The van der Waals surface area contributed by atoms with Crippen LogP contribution in [0.5, 0.6) is 0 Å². The highest BCUT2D eigenvalue weighted by molar-refractivity contribution is 7.66. The summed E-state index contributed by atoms with van der Waals surface area (Å²) in [5, 5.41) is 20.4. The highest BCUT2D eigenvalue weighted by Crippen LogP contribution is 2.66. The van der Waals surface area contributed by atoms with Crippen LogP contribution in [0.1, 0.15) is 6.23 Å². The zero-order valence-electron chi connectivity index (χ0n) is 14.9. The van der Waals surface area contributed by atoms with E-state index in [2.05, 4.69) is 28.1 Å². The van der Waals surface area contributed by atoms with Gasteiger partial charge in [0.1, 0.15) is 23.8 Å². The molecule has 0 saturated carbocycles. The summed E-state index contributed by atoms with van der Waals surface area (Å²) < 4.78 is 51.9. The minimum absolute atomic E-state index is 0.105. The number of hydrogen-bond donors (Lipinski definition) is 7. The zero-order valence-corrected chi connectivity index (χ0v) is 17.6. The fraction of sp³-hybridized carbons (Fsp3) is 0.500. The third kappa shape index (κ3) is 5.91. The highest BCUT2D eigenvalue weighted by atomic mass is 31.3. The third-order valence-corrected chi connectivity index (χ3v) is 7.57. The van der Waals surface area contributed by atoms with E-state index in [9.17, 15) is 28.8 Å². The molecule has 6 atom stereocenters. The molecule has 0 aromatic carbocycles. The van der Waals surface area contributed by atoms with Crippen molar-refractivity contribution < 1.29 is 61.4 Å². The van der Waals surface area contributed by atoms with Crippen LogP contribution in [0.2, 0.25) is 0 Å². The first-order chi connectivity index (χ1) is 14.2.